The van der Waals surface area contributed by atoms with Crippen molar-refractivity contribution >= 4 is 17.5 Å². The zero-order chi connectivity index (χ0) is 13.0. The molecule has 104 valence electrons. The van der Waals surface area contributed by atoms with Gasteiger partial charge in [0.15, 0.2) is 0 Å². The van der Waals surface area contributed by atoms with Crippen LogP contribution in [-0.2, 0) is 4.79 Å². The monoisotopic (exact) mass is 272 g/mol. The van der Waals surface area contributed by atoms with Crippen LogP contribution >= 0.6 is 11.6 Å². The third-order valence-electron chi connectivity index (χ3n) is 4.50. The predicted molar refractivity (Wildman–Crippen MR) is 74.9 cm³/mol. The average molecular weight is 273 g/mol. The topological polar surface area (TPSA) is 23.6 Å². The Hall–Kier alpha value is -0.280. The maximum atomic E-state index is 12.6. The van der Waals surface area contributed by atoms with Crippen LogP contribution in [0.25, 0.3) is 0 Å². The maximum Gasteiger partial charge on any atom is 0.228 e. The number of alkyl halides is 1. The summed E-state index contributed by atoms with van der Waals surface area (Å²) in [5.41, 5.74) is -0.0678. The van der Waals surface area contributed by atoms with Gasteiger partial charge in [-0.05, 0) is 25.8 Å². The lowest BCUT2D eigenvalue weighted by Crippen LogP contribution is -2.43. The van der Waals surface area contributed by atoms with Gasteiger partial charge in [0, 0.05) is 37.5 Å². The van der Waals surface area contributed by atoms with Crippen LogP contribution in [-0.4, -0.2) is 54.3 Å². The first kappa shape index (κ1) is 14.1. The van der Waals surface area contributed by atoms with E-state index in [0.29, 0.717) is 11.8 Å². The van der Waals surface area contributed by atoms with Crippen molar-refractivity contribution in [2.45, 2.75) is 39.0 Å². The van der Waals surface area contributed by atoms with Gasteiger partial charge in [0.2, 0.25) is 5.91 Å². The molecule has 0 bridgehead atoms. The molecule has 0 atom stereocenters. The molecule has 0 aromatic heterocycles. The quantitative estimate of drug-likeness (QED) is 0.737. The second kappa shape index (κ2) is 6.25. The fraction of sp³-hybridized carbons (Fsp3) is 0.929. The van der Waals surface area contributed by atoms with Gasteiger partial charge in [0.25, 0.3) is 0 Å². The molecule has 1 aliphatic carbocycles. The molecule has 0 unspecified atom stereocenters. The lowest BCUT2D eigenvalue weighted by molar-refractivity contribution is -0.140. The Bertz CT molecular complexity index is 290. The smallest absolute Gasteiger partial charge is 0.228 e. The van der Waals surface area contributed by atoms with Crippen molar-refractivity contribution in [3.05, 3.63) is 0 Å². The summed E-state index contributed by atoms with van der Waals surface area (Å²) in [5.74, 6) is 1.08. The Kier molecular flexibility index (Phi) is 4.91. The predicted octanol–water partition coefficient (Wildman–Crippen LogP) is 2.34. The van der Waals surface area contributed by atoms with Crippen LogP contribution in [0.3, 0.4) is 0 Å². The third-order valence-corrected chi connectivity index (χ3v) is 4.67. The first-order valence-electron chi connectivity index (χ1n) is 7.23. The van der Waals surface area contributed by atoms with Crippen LogP contribution in [0.2, 0.25) is 0 Å². The summed E-state index contributed by atoms with van der Waals surface area (Å²) in [4.78, 5) is 17.1. The fourth-order valence-electron chi connectivity index (χ4n) is 3.27. The lowest BCUT2D eigenvalue weighted by atomic mass is 9.87. The molecule has 1 amide bonds. The van der Waals surface area contributed by atoms with Crippen LogP contribution in [0.1, 0.15) is 39.0 Å². The number of hydrogen-bond donors (Lipinski definition) is 0. The van der Waals surface area contributed by atoms with Crippen LogP contribution in [0, 0.1) is 5.41 Å². The lowest BCUT2D eigenvalue weighted by Gasteiger charge is -2.31. The molecule has 2 aliphatic rings. The summed E-state index contributed by atoms with van der Waals surface area (Å²) < 4.78 is 0. The van der Waals surface area contributed by atoms with E-state index >= 15 is 0 Å². The van der Waals surface area contributed by atoms with Gasteiger partial charge in [-0.25, -0.2) is 0 Å². The Morgan fingerprint density at radius 3 is 2.50 bits per heavy atom. The van der Waals surface area contributed by atoms with E-state index in [0.717, 1.165) is 52.0 Å². The van der Waals surface area contributed by atoms with Crippen LogP contribution in [0.15, 0.2) is 0 Å². The number of halogens is 1. The van der Waals surface area contributed by atoms with Crippen molar-refractivity contribution in [1.82, 2.24) is 9.80 Å². The summed E-state index contributed by atoms with van der Waals surface area (Å²) >= 11 is 5.79. The SMILES string of the molecule is CC1(C(=O)N2CCCN(CCCl)CC2)CCCC1. The van der Waals surface area contributed by atoms with Gasteiger partial charge in [-0.1, -0.05) is 19.8 Å². The zero-order valence-corrected chi connectivity index (χ0v) is 12.2. The molecule has 2 rings (SSSR count). The molecule has 0 spiro atoms. The van der Waals surface area contributed by atoms with E-state index in [1.807, 2.05) is 0 Å². The fourth-order valence-corrected chi connectivity index (χ4v) is 3.51. The van der Waals surface area contributed by atoms with E-state index in [1.54, 1.807) is 0 Å². The van der Waals surface area contributed by atoms with Crippen molar-refractivity contribution in [3.63, 3.8) is 0 Å². The van der Waals surface area contributed by atoms with E-state index in [9.17, 15) is 4.79 Å². The molecule has 1 saturated heterocycles. The molecule has 18 heavy (non-hydrogen) atoms. The highest BCUT2D eigenvalue weighted by molar-refractivity contribution is 6.18. The van der Waals surface area contributed by atoms with Crippen LogP contribution in [0.4, 0.5) is 0 Å². The normalized spacial score (nSPS) is 25.1. The number of amides is 1. The largest absolute Gasteiger partial charge is 0.341 e. The van der Waals surface area contributed by atoms with E-state index < -0.39 is 0 Å². The maximum absolute atomic E-state index is 12.6. The van der Waals surface area contributed by atoms with Gasteiger partial charge in [-0.2, -0.15) is 0 Å². The molecule has 0 aromatic rings. The van der Waals surface area contributed by atoms with Crippen molar-refractivity contribution in [2.75, 3.05) is 38.6 Å². The highest BCUT2D eigenvalue weighted by Gasteiger charge is 2.39. The summed E-state index contributed by atoms with van der Waals surface area (Å²) in [6, 6.07) is 0. The Labute approximate surface area is 115 Å². The second-order valence-corrected chi connectivity index (χ2v) is 6.32. The first-order valence-corrected chi connectivity index (χ1v) is 7.77. The van der Waals surface area contributed by atoms with Crippen LogP contribution in [0.5, 0.6) is 0 Å². The molecule has 0 aromatic carbocycles. The van der Waals surface area contributed by atoms with Gasteiger partial charge >= 0.3 is 0 Å². The van der Waals surface area contributed by atoms with E-state index in [4.69, 9.17) is 11.6 Å². The number of rotatable bonds is 3. The Morgan fingerprint density at radius 1 is 1.11 bits per heavy atom. The van der Waals surface area contributed by atoms with Gasteiger partial charge in [-0.3, -0.25) is 4.79 Å². The summed E-state index contributed by atoms with van der Waals surface area (Å²) in [6.45, 7) is 6.96. The molecule has 1 saturated carbocycles. The Morgan fingerprint density at radius 2 is 1.83 bits per heavy atom. The molecular weight excluding hydrogens is 248 g/mol. The number of carbonyl (C=O) groups excluding carboxylic acids is 1. The molecule has 1 heterocycles. The Balaban J connectivity index is 1.91. The average Bonchev–Trinajstić information content (AvgIpc) is 2.68. The van der Waals surface area contributed by atoms with Gasteiger partial charge in [0.05, 0.1) is 0 Å². The van der Waals surface area contributed by atoms with Crippen molar-refractivity contribution < 1.29 is 4.79 Å². The molecule has 0 N–H and O–H groups in total. The third kappa shape index (κ3) is 3.18. The molecule has 0 radical (unpaired) electrons. The number of hydrogen-bond acceptors (Lipinski definition) is 2. The minimum Gasteiger partial charge on any atom is -0.341 e. The highest BCUT2D eigenvalue weighted by Crippen LogP contribution is 2.39. The second-order valence-electron chi connectivity index (χ2n) is 5.94. The van der Waals surface area contributed by atoms with Gasteiger partial charge < -0.3 is 9.80 Å². The van der Waals surface area contributed by atoms with E-state index in [1.165, 1.54) is 12.8 Å². The molecule has 2 fully saturated rings. The molecular formula is C14H25ClN2O. The molecule has 1 aliphatic heterocycles. The zero-order valence-electron chi connectivity index (χ0n) is 11.5. The summed E-state index contributed by atoms with van der Waals surface area (Å²) in [6.07, 6.45) is 5.67. The minimum atomic E-state index is -0.0678. The van der Waals surface area contributed by atoms with Crippen molar-refractivity contribution in [1.29, 1.82) is 0 Å². The standard InChI is InChI=1S/C14H25ClN2O/c1-14(5-2-3-6-14)13(18)17-9-4-8-16(10-7-15)11-12-17/h2-12H2,1H3. The first-order chi connectivity index (χ1) is 8.65. The summed E-state index contributed by atoms with van der Waals surface area (Å²) in [7, 11) is 0. The summed E-state index contributed by atoms with van der Waals surface area (Å²) in [5, 5.41) is 0. The van der Waals surface area contributed by atoms with Gasteiger partial charge in [0.1, 0.15) is 0 Å². The van der Waals surface area contributed by atoms with E-state index in [-0.39, 0.29) is 5.41 Å². The van der Waals surface area contributed by atoms with Crippen molar-refractivity contribution in [2.24, 2.45) is 5.41 Å². The van der Waals surface area contributed by atoms with Crippen LogP contribution < -0.4 is 0 Å². The van der Waals surface area contributed by atoms with Gasteiger partial charge in [-0.15, -0.1) is 11.6 Å². The molecule has 3 nitrogen and oxygen atoms in total. The van der Waals surface area contributed by atoms with E-state index in [2.05, 4.69) is 16.7 Å². The van der Waals surface area contributed by atoms with Crippen molar-refractivity contribution in [3.8, 4) is 0 Å². The number of nitrogens with zero attached hydrogens (tertiary/aromatic N) is 2. The number of carbonyl (C=O) groups is 1. The highest BCUT2D eigenvalue weighted by atomic mass is 35.5. The molecule has 4 heteroatoms. The minimum absolute atomic E-state index is 0.0678.